The number of primary amides is 1. The Morgan fingerprint density at radius 3 is 2.74 bits per heavy atom. The maximum absolute atomic E-state index is 11.7. The van der Waals surface area contributed by atoms with E-state index in [4.69, 9.17) is 5.73 Å². The van der Waals surface area contributed by atoms with Crippen molar-refractivity contribution in [2.24, 2.45) is 5.73 Å². The molecule has 0 spiro atoms. The molecule has 1 atom stereocenters. The summed E-state index contributed by atoms with van der Waals surface area (Å²) in [7, 11) is 0. The quantitative estimate of drug-likeness (QED) is 0.881. The lowest BCUT2D eigenvalue weighted by molar-refractivity contribution is -0.118. The topological polar surface area (TPSA) is 68.0 Å². The minimum absolute atomic E-state index is 0.419. The second-order valence-corrected chi connectivity index (χ2v) is 4.58. The Kier molecular flexibility index (Phi) is 3.80. The van der Waals surface area contributed by atoms with Gasteiger partial charge in [0.25, 0.3) is 0 Å². The Labute approximate surface area is 112 Å². The van der Waals surface area contributed by atoms with Crippen LogP contribution < -0.4 is 11.1 Å². The van der Waals surface area contributed by atoms with Crippen molar-refractivity contribution in [3.05, 3.63) is 59.4 Å². The van der Waals surface area contributed by atoms with Crippen LogP contribution in [-0.2, 0) is 4.79 Å². The Morgan fingerprint density at radius 1 is 1.32 bits per heavy atom. The van der Waals surface area contributed by atoms with Gasteiger partial charge in [0.05, 0.1) is 0 Å². The zero-order chi connectivity index (χ0) is 13.8. The zero-order valence-electron chi connectivity index (χ0n) is 11.1. The molecule has 0 aliphatic heterocycles. The van der Waals surface area contributed by atoms with Crippen molar-refractivity contribution in [2.45, 2.75) is 19.9 Å². The van der Waals surface area contributed by atoms with Crippen molar-refractivity contribution >= 4 is 11.6 Å². The van der Waals surface area contributed by atoms with Gasteiger partial charge in [0, 0.05) is 23.6 Å². The van der Waals surface area contributed by atoms with Gasteiger partial charge >= 0.3 is 0 Å². The number of aromatic nitrogens is 1. The highest BCUT2D eigenvalue weighted by molar-refractivity contribution is 5.84. The average Bonchev–Trinajstić information content (AvgIpc) is 2.37. The number of nitrogens with zero attached hydrogens (tertiary/aromatic N) is 1. The van der Waals surface area contributed by atoms with Gasteiger partial charge < -0.3 is 11.1 Å². The van der Waals surface area contributed by atoms with E-state index in [9.17, 15) is 4.79 Å². The van der Waals surface area contributed by atoms with Crippen molar-refractivity contribution in [2.75, 3.05) is 5.32 Å². The third-order valence-electron chi connectivity index (χ3n) is 3.00. The van der Waals surface area contributed by atoms with Gasteiger partial charge in [-0.2, -0.15) is 0 Å². The largest absolute Gasteiger partial charge is 0.370 e. The van der Waals surface area contributed by atoms with Gasteiger partial charge in [-0.25, -0.2) is 0 Å². The van der Waals surface area contributed by atoms with Crippen LogP contribution in [0.4, 0.5) is 5.69 Å². The Bertz CT molecular complexity index is 595. The highest BCUT2D eigenvalue weighted by Crippen LogP contribution is 2.22. The van der Waals surface area contributed by atoms with Crippen LogP contribution in [0.25, 0.3) is 0 Å². The lowest BCUT2D eigenvalue weighted by Gasteiger charge is -2.18. The number of aryl methyl sites for hydroxylation is 2. The molecule has 0 aliphatic rings. The number of carbonyl (C=O) groups is 1. The summed E-state index contributed by atoms with van der Waals surface area (Å²) in [4.78, 5) is 15.7. The van der Waals surface area contributed by atoms with Crippen LogP contribution in [0.1, 0.15) is 22.7 Å². The molecule has 0 radical (unpaired) electrons. The molecule has 1 amide bonds. The predicted molar refractivity (Wildman–Crippen MR) is 75.7 cm³/mol. The first-order valence-electron chi connectivity index (χ1n) is 6.11. The number of anilines is 1. The van der Waals surface area contributed by atoms with E-state index in [1.807, 2.05) is 44.2 Å². The van der Waals surface area contributed by atoms with Gasteiger partial charge in [-0.3, -0.25) is 9.78 Å². The standard InChI is InChI=1S/C15H17N3O/c1-10-4-3-5-12(8-10)18-14(15(16)19)13-9-17-7-6-11(13)2/h3-9,14,18H,1-2H3,(H2,16,19). The fraction of sp³-hybridized carbons (Fsp3) is 0.200. The summed E-state index contributed by atoms with van der Waals surface area (Å²) in [6, 6.07) is 9.11. The summed E-state index contributed by atoms with van der Waals surface area (Å²) in [5.41, 5.74) is 9.27. The second kappa shape index (κ2) is 5.52. The van der Waals surface area contributed by atoms with E-state index >= 15 is 0 Å². The van der Waals surface area contributed by atoms with E-state index in [0.717, 1.165) is 22.4 Å². The van der Waals surface area contributed by atoms with Gasteiger partial charge in [0.1, 0.15) is 6.04 Å². The maximum Gasteiger partial charge on any atom is 0.244 e. The number of rotatable bonds is 4. The molecule has 0 bridgehead atoms. The minimum Gasteiger partial charge on any atom is -0.370 e. The molecule has 98 valence electrons. The lowest BCUT2D eigenvalue weighted by Crippen LogP contribution is -2.28. The number of nitrogens with one attached hydrogen (secondary N) is 1. The molecule has 0 saturated carbocycles. The summed E-state index contributed by atoms with van der Waals surface area (Å²) in [5.74, 6) is -0.419. The van der Waals surface area contributed by atoms with Crippen LogP contribution in [0.3, 0.4) is 0 Å². The van der Waals surface area contributed by atoms with Crippen LogP contribution in [0.5, 0.6) is 0 Å². The zero-order valence-corrected chi connectivity index (χ0v) is 11.1. The molecule has 4 nitrogen and oxygen atoms in total. The molecule has 3 N–H and O–H groups in total. The van der Waals surface area contributed by atoms with Crippen LogP contribution in [0.15, 0.2) is 42.7 Å². The molecule has 2 rings (SSSR count). The fourth-order valence-electron chi connectivity index (χ4n) is 1.98. The van der Waals surface area contributed by atoms with Gasteiger partial charge in [0.2, 0.25) is 5.91 Å². The molecule has 4 heteroatoms. The molecule has 0 saturated heterocycles. The smallest absolute Gasteiger partial charge is 0.244 e. The number of hydrogen-bond acceptors (Lipinski definition) is 3. The summed E-state index contributed by atoms with van der Waals surface area (Å²) in [5, 5.41) is 3.16. The Morgan fingerprint density at radius 2 is 2.11 bits per heavy atom. The molecule has 1 aromatic heterocycles. The van der Waals surface area contributed by atoms with Crippen molar-refractivity contribution < 1.29 is 4.79 Å². The van der Waals surface area contributed by atoms with Crippen molar-refractivity contribution in [3.63, 3.8) is 0 Å². The highest BCUT2D eigenvalue weighted by atomic mass is 16.1. The van der Waals surface area contributed by atoms with Crippen molar-refractivity contribution in [1.82, 2.24) is 4.98 Å². The van der Waals surface area contributed by atoms with Gasteiger partial charge in [-0.05, 0) is 43.2 Å². The Hall–Kier alpha value is -2.36. The molecule has 1 heterocycles. The van der Waals surface area contributed by atoms with Crippen LogP contribution in [0.2, 0.25) is 0 Å². The average molecular weight is 255 g/mol. The normalized spacial score (nSPS) is 11.9. The third kappa shape index (κ3) is 3.10. The summed E-state index contributed by atoms with van der Waals surface area (Å²) in [6.45, 7) is 3.94. The Balaban J connectivity index is 2.32. The molecule has 0 fully saturated rings. The first-order chi connectivity index (χ1) is 9.08. The predicted octanol–water partition coefficient (Wildman–Crippen LogP) is 2.34. The summed E-state index contributed by atoms with van der Waals surface area (Å²) in [6.07, 6.45) is 3.37. The van der Waals surface area contributed by atoms with E-state index < -0.39 is 11.9 Å². The number of nitrogens with two attached hydrogens (primary N) is 1. The van der Waals surface area contributed by atoms with E-state index in [1.54, 1.807) is 12.4 Å². The SMILES string of the molecule is Cc1cccc(NC(C(N)=O)c2cnccc2C)c1. The van der Waals surface area contributed by atoms with Gasteiger partial charge in [-0.1, -0.05) is 12.1 Å². The van der Waals surface area contributed by atoms with E-state index in [0.29, 0.717) is 0 Å². The maximum atomic E-state index is 11.7. The first kappa shape index (κ1) is 13.1. The molecular weight excluding hydrogens is 238 g/mol. The molecule has 2 aromatic rings. The molecule has 1 aromatic carbocycles. The number of carbonyl (C=O) groups excluding carboxylic acids is 1. The van der Waals surface area contributed by atoms with E-state index in [1.165, 1.54) is 0 Å². The minimum atomic E-state index is -0.574. The van der Waals surface area contributed by atoms with Gasteiger partial charge in [0.15, 0.2) is 0 Å². The van der Waals surface area contributed by atoms with Crippen LogP contribution in [-0.4, -0.2) is 10.9 Å². The molecule has 1 unspecified atom stereocenters. The van der Waals surface area contributed by atoms with Crippen LogP contribution in [0, 0.1) is 13.8 Å². The molecule has 19 heavy (non-hydrogen) atoms. The second-order valence-electron chi connectivity index (χ2n) is 4.58. The lowest BCUT2D eigenvalue weighted by atomic mass is 10.0. The number of amides is 1. The first-order valence-corrected chi connectivity index (χ1v) is 6.11. The summed E-state index contributed by atoms with van der Waals surface area (Å²) >= 11 is 0. The molecular formula is C15H17N3O. The fourth-order valence-corrected chi connectivity index (χ4v) is 1.98. The number of benzene rings is 1. The van der Waals surface area contributed by atoms with E-state index in [-0.39, 0.29) is 0 Å². The monoisotopic (exact) mass is 255 g/mol. The van der Waals surface area contributed by atoms with Gasteiger partial charge in [-0.15, -0.1) is 0 Å². The molecule has 0 aliphatic carbocycles. The number of hydrogen-bond donors (Lipinski definition) is 2. The van der Waals surface area contributed by atoms with E-state index in [2.05, 4.69) is 10.3 Å². The highest BCUT2D eigenvalue weighted by Gasteiger charge is 2.19. The summed E-state index contributed by atoms with van der Waals surface area (Å²) < 4.78 is 0. The third-order valence-corrected chi connectivity index (χ3v) is 3.00. The van der Waals surface area contributed by atoms with Crippen molar-refractivity contribution in [3.8, 4) is 0 Å². The van der Waals surface area contributed by atoms with Crippen molar-refractivity contribution in [1.29, 1.82) is 0 Å². The number of pyridine rings is 1. The van der Waals surface area contributed by atoms with Crippen LogP contribution >= 0.6 is 0 Å².